The van der Waals surface area contributed by atoms with Gasteiger partial charge in [0.15, 0.2) is 11.5 Å². The highest BCUT2D eigenvalue weighted by Gasteiger charge is 2.16. The molecule has 1 heterocycles. The molecule has 0 saturated carbocycles. The Morgan fingerprint density at radius 2 is 1.88 bits per heavy atom. The zero-order chi connectivity index (χ0) is 23.8. The van der Waals surface area contributed by atoms with Crippen LogP contribution in [0.4, 0.5) is 0 Å². The summed E-state index contributed by atoms with van der Waals surface area (Å²) in [5.74, 6) is 0.819. The second-order valence-corrected chi connectivity index (χ2v) is 7.73. The summed E-state index contributed by atoms with van der Waals surface area (Å²) in [7, 11) is 1.57. The Hall–Kier alpha value is -4.00. The number of ether oxygens (including phenoxy) is 2. The van der Waals surface area contributed by atoms with E-state index in [9.17, 15) is 9.59 Å². The normalized spacial score (nSPS) is 11.2. The van der Waals surface area contributed by atoms with Crippen molar-refractivity contribution in [1.82, 2.24) is 10.6 Å². The molecule has 33 heavy (non-hydrogen) atoms. The number of hydrogen-bond donors (Lipinski definition) is 2. The minimum atomic E-state index is -0.450. The molecule has 7 nitrogen and oxygen atoms in total. The summed E-state index contributed by atoms with van der Waals surface area (Å²) in [6.45, 7) is 6.00. The van der Waals surface area contributed by atoms with Crippen molar-refractivity contribution < 1.29 is 23.5 Å². The first-order chi connectivity index (χ1) is 15.9. The maximum absolute atomic E-state index is 13.0. The zero-order valence-corrected chi connectivity index (χ0v) is 19.2. The Balaban J connectivity index is 1.75. The maximum atomic E-state index is 13.0. The summed E-state index contributed by atoms with van der Waals surface area (Å²) in [5, 5.41) is 5.52. The van der Waals surface area contributed by atoms with Crippen molar-refractivity contribution in [3.05, 3.63) is 89.0 Å². The highest BCUT2D eigenvalue weighted by atomic mass is 16.5. The highest BCUT2D eigenvalue weighted by molar-refractivity contribution is 6.05. The van der Waals surface area contributed by atoms with E-state index in [0.717, 1.165) is 11.1 Å². The zero-order valence-electron chi connectivity index (χ0n) is 19.2. The lowest BCUT2D eigenvalue weighted by molar-refractivity contribution is -0.117. The SMILES string of the molecule is COc1cc(CNC(=O)/C(=C/c2ccco2)NC(=O)c2cccc(C)c2)ccc1OC(C)C. The molecule has 0 atom stereocenters. The number of benzene rings is 2. The monoisotopic (exact) mass is 448 g/mol. The van der Waals surface area contributed by atoms with Gasteiger partial charge in [-0.05, 0) is 62.7 Å². The number of methoxy groups -OCH3 is 1. The van der Waals surface area contributed by atoms with E-state index in [1.165, 1.54) is 12.3 Å². The van der Waals surface area contributed by atoms with Gasteiger partial charge in [0.1, 0.15) is 11.5 Å². The van der Waals surface area contributed by atoms with Gasteiger partial charge in [-0.1, -0.05) is 23.8 Å². The summed E-state index contributed by atoms with van der Waals surface area (Å²) in [6.07, 6.45) is 3.00. The molecule has 2 amide bonds. The topological polar surface area (TPSA) is 89.8 Å². The fourth-order valence-corrected chi connectivity index (χ4v) is 3.11. The average molecular weight is 449 g/mol. The molecule has 0 bridgehead atoms. The number of amides is 2. The fourth-order valence-electron chi connectivity index (χ4n) is 3.11. The van der Waals surface area contributed by atoms with Crippen molar-refractivity contribution >= 4 is 17.9 Å². The Kier molecular flexibility index (Phi) is 7.91. The second kappa shape index (κ2) is 11.0. The molecule has 3 aromatic rings. The van der Waals surface area contributed by atoms with Gasteiger partial charge >= 0.3 is 0 Å². The van der Waals surface area contributed by atoms with E-state index in [1.807, 2.05) is 32.9 Å². The Morgan fingerprint density at radius 1 is 1.06 bits per heavy atom. The molecular weight excluding hydrogens is 420 g/mol. The molecular formula is C26H28N2O5. The number of carbonyl (C=O) groups is 2. The van der Waals surface area contributed by atoms with Gasteiger partial charge in [-0.15, -0.1) is 0 Å². The minimum Gasteiger partial charge on any atom is -0.493 e. The Labute approximate surface area is 193 Å². The molecule has 0 saturated heterocycles. The summed E-state index contributed by atoms with van der Waals surface area (Å²) in [5.41, 5.74) is 2.29. The first kappa shape index (κ1) is 23.7. The lowest BCUT2D eigenvalue weighted by Gasteiger charge is -2.15. The van der Waals surface area contributed by atoms with Crippen molar-refractivity contribution in [3.8, 4) is 11.5 Å². The third-order valence-electron chi connectivity index (χ3n) is 4.65. The van der Waals surface area contributed by atoms with E-state index >= 15 is 0 Å². The smallest absolute Gasteiger partial charge is 0.268 e. The number of nitrogens with one attached hydrogen (secondary N) is 2. The van der Waals surface area contributed by atoms with E-state index < -0.39 is 5.91 Å². The molecule has 0 unspecified atom stereocenters. The van der Waals surface area contributed by atoms with Crippen LogP contribution in [0.5, 0.6) is 11.5 Å². The molecule has 0 fully saturated rings. The van der Waals surface area contributed by atoms with Gasteiger partial charge in [-0.3, -0.25) is 9.59 Å². The number of hydrogen-bond acceptors (Lipinski definition) is 5. The summed E-state index contributed by atoms with van der Waals surface area (Å²) < 4.78 is 16.5. The van der Waals surface area contributed by atoms with E-state index in [-0.39, 0.29) is 24.3 Å². The molecule has 2 N–H and O–H groups in total. The van der Waals surface area contributed by atoms with Crippen LogP contribution in [0, 0.1) is 6.92 Å². The van der Waals surface area contributed by atoms with Gasteiger partial charge in [-0.2, -0.15) is 0 Å². The standard InChI is InChI=1S/C26H28N2O5/c1-17(2)33-23-11-10-19(14-24(23)31-4)16-27-26(30)22(15-21-9-6-12-32-21)28-25(29)20-8-5-7-18(3)13-20/h5-15,17H,16H2,1-4H3,(H,27,30)(H,28,29)/b22-15-. The van der Waals surface area contributed by atoms with Crippen LogP contribution in [-0.4, -0.2) is 25.0 Å². The van der Waals surface area contributed by atoms with E-state index in [4.69, 9.17) is 13.9 Å². The molecule has 7 heteroatoms. The molecule has 0 aliphatic rings. The van der Waals surface area contributed by atoms with Crippen LogP contribution in [0.15, 0.2) is 71.0 Å². The van der Waals surface area contributed by atoms with Crippen molar-refractivity contribution in [2.45, 2.75) is 33.4 Å². The molecule has 3 rings (SSSR count). The van der Waals surface area contributed by atoms with Crippen LogP contribution in [0.3, 0.4) is 0 Å². The minimum absolute atomic E-state index is 0.00997. The molecule has 1 aromatic heterocycles. The lowest BCUT2D eigenvalue weighted by Crippen LogP contribution is -2.34. The second-order valence-electron chi connectivity index (χ2n) is 7.73. The predicted molar refractivity (Wildman–Crippen MR) is 126 cm³/mol. The summed E-state index contributed by atoms with van der Waals surface area (Å²) in [6, 6.07) is 16.0. The van der Waals surface area contributed by atoms with Crippen LogP contribution >= 0.6 is 0 Å². The maximum Gasteiger partial charge on any atom is 0.268 e. The van der Waals surface area contributed by atoms with Gasteiger partial charge < -0.3 is 24.5 Å². The lowest BCUT2D eigenvalue weighted by atomic mass is 10.1. The summed E-state index contributed by atoms with van der Waals surface area (Å²) in [4.78, 5) is 25.7. The van der Waals surface area contributed by atoms with Crippen LogP contribution in [0.25, 0.3) is 6.08 Å². The largest absolute Gasteiger partial charge is 0.493 e. The molecule has 0 aliphatic heterocycles. The third-order valence-corrected chi connectivity index (χ3v) is 4.65. The van der Waals surface area contributed by atoms with Gasteiger partial charge in [0.05, 0.1) is 19.5 Å². The first-order valence-electron chi connectivity index (χ1n) is 10.6. The van der Waals surface area contributed by atoms with E-state index in [1.54, 1.807) is 49.6 Å². The van der Waals surface area contributed by atoms with Crippen molar-refractivity contribution in [2.75, 3.05) is 7.11 Å². The predicted octanol–water partition coefficient (Wildman–Crippen LogP) is 4.47. The van der Waals surface area contributed by atoms with Crippen LogP contribution in [-0.2, 0) is 11.3 Å². The van der Waals surface area contributed by atoms with Gasteiger partial charge in [0, 0.05) is 18.2 Å². The summed E-state index contributed by atoms with van der Waals surface area (Å²) >= 11 is 0. The van der Waals surface area contributed by atoms with E-state index in [0.29, 0.717) is 22.8 Å². The van der Waals surface area contributed by atoms with E-state index in [2.05, 4.69) is 10.6 Å². The number of carbonyl (C=O) groups excluding carboxylic acids is 2. The fraction of sp³-hybridized carbons (Fsp3) is 0.231. The van der Waals surface area contributed by atoms with Crippen molar-refractivity contribution in [2.24, 2.45) is 0 Å². The van der Waals surface area contributed by atoms with Gasteiger partial charge in [-0.25, -0.2) is 0 Å². The molecule has 0 radical (unpaired) electrons. The van der Waals surface area contributed by atoms with Crippen molar-refractivity contribution in [3.63, 3.8) is 0 Å². The first-order valence-corrected chi connectivity index (χ1v) is 10.6. The molecule has 2 aromatic carbocycles. The number of rotatable bonds is 9. The van der Waals surface area contributed by atoms with Gasteiger partial charge in [0.2, 0.25) is 0 Å². The molecule has 0 spiro atoms. The number of aryl methyl sites for hydroxylation is 1. The van der Waals surface area contributed by atoms with Crippen LogP contribution < -0.4 is 20.1 Å². The Bertz CT molecular complexity index is 1130. The van der Waals surface area contributed by atoms with Crippen LogP contribution in [0.1, 0.15) is 41.1 Å². The van der Waals surface area contributed by atoms with Crippen LogP contribution in [0.2, 0.25) is 0 Å². The van der Waals surface area contributed by atoms with Gasteiger partial charge in [0.25, 0.3) is 11.8 Å². The molecule has 172 valence electrons. The molecule has 0 aliphatic carbocycles. The average Bonchev–Trinajstić information content (AvgIpc) is 3.30. The third kappa shape index (κ3) is 6.74. The Morgan fingerprint density at radius 3 is 2.55 bits per heavy atom. The quantitative estimate of drug-likeness (QED) is 0.472. The van der Waals surface area contributed by atoms with Crippen molar-refractivity contribution in [1.29, 1.82) is 0 Å². The highest BCUT2D eigenvalue weighted by Crippen LogP contribution is 2.29. The number of furan rings is 1.